The van der Waals surface area contributed by atoms with Crippen molar-refractivity contribution in [3.63, 3.8) is 0 Å². The van der Waals surface area contributed by atoms with Gasteiger partial charge in [-0.15, -0.1) is 0 Å². The maximum atomic E-state index is 11.1. The third kappa shape index (κ3) is 5.42. The zero-order chi connectivity index (χ0) is 23.6. The molecule has 0 atom stereocenters. The lowest BCUT2D eigenvalue weighted by Gasteiger charge is -2.32. The van der Waals surface area contributed by atoms with E-state index in [0.717, 1.165) is 4.90 Å². The first kappa shape index (κ1) is 24.4. The van der Waals surface area contributed by atoms with Crippen molar-refractivity contribution in [2.75, 3.05) is 13.6 Å². The first-order valence-corrected chi connectivity index (χ1v) is 9.84. The van der Waals surface area contributed by atoms with Crippen molar-refractivity contribution in [2.45, 2.75) is 52.4 Å². The van der Waals surface area contributed by atoms with Crippen LogP contribution in [0.15, 0.2) is 36.7 Å². The van der Waals surface area contributed by atoms with Crippen LogP contribution in [0.3, 0.4) is 0 Å². The Morgan fingerprint density at radius 3 is 2.42 bits per heavy atom. The third-order valence-electron chi connectivity index (χ3n) is 5.56. The van der Waals surface area contributed by atoms with Gasteiger partial charge in [0, 0.05) is 31.3 Å². The van der Waals surface area contributed by atoms with Crippen LogP contribution in [-0.4, -0.2) is 62.7 Å². The fourth-order valence-corrected chi connectivity index (χ4v) is 2.83. The summed E-state index contributed by atoms with van der Waals surface area (Å²) in [7, 11) is 0.776. The summed E-state index contributed by atoms with van der Waals surface area (Å²) >= 11 is 0. The van der Waals surface area contributed by atoms with Gasteiger partial charge in [-0.3, -0.25) is 14.8 Å². The van der Waals surface area contributed by atoms with E-state index in [1.54, 1.807) is 30.0 Å². The molecule has 0 spiro atoms. The number of carbonyl (C=O) groups is 1. The molecule has 1 N–H and O–H groups in total. The van der Waals surface area contributed by atoms with Gasteiger partial charge in [-0.25, -0.2) is 4.79 Å². The number of hydrogen-bond donors (Lipinski definition) is 1. The summed E-state index contributed by atoms with van der Waals surface area (Å²) in [5.41, 5.74) is 0.434. The first-order chi connectivity index (χ1) is 14.3. The second kappa shape index (κ2) is 9.07. The Kier molecular flexibility index (Phi) is 7.12. The minimum absolute atomic E-state index is 0.235. The highest BCUT2D eigenvalue weighted by atomic mass is 16.7. The summed E-state index contributed by atoms with van der Waals surface area (Å²) in [6.07, 6.45) is 5.37. The highest BCUT2D eigenvalue weighted by molar-refractivity contribution is 6.63. The topological polar surface area (TPSA) is 120 Å². The SMILES string of the molecule is C=C(/C=C\C(=C/C)c1nn(CCN(C)C(=O)O)cc1B1OC(C)(C)C(C)(C)O1)[N+](=O)[O-]. The zero-order valence-corrected chi connectivity index (χ0v) is 18.8. The maximum absolute atomic E-state index is 11.1. The van der Waals surface area contributed by atoms with Gasteiger partial charge in [0.15, 0.2) is 0 Å². The van der Waals surface area contributed by atoms with E-state index in [0.29, 0.717) is 23.3 Å². The summed E-state index contributed by atoms with van der Waals surface area (Å²) in [6, 6.07) is 0. The molecule has 0 radical (unpaired) electrons. The second-order valence-corrected chi connectivity index (χ2v) is 8.31. The van der Waals surface area contributed by atoms with Crippen molar-refractivity contribution in [3.8, 4) is 0 Å². The molecule has 31 heavy (non-hydrogen) atoms. The van der Waals surface area contributed by atoms with E-state index in [2.05, 4.69) is 11.7 Å². The van der Waals surface area contributed by atoms with Gasteiger partial charge in [-0.1, -0.05) is 6.08 Å². The average Bonchev–Trinajstić information content (AvgIpc) is 3.17. The molecule has 1 aliphatic rings. The van der Waals surface area contributed by atoms with Crippen LogP contribution >= 0.6 is 0 Å². The molecule has 1 aromatic rings. The Balaban J connectivity index is 2.43. The molecule has 1 aromatic heterocycles. The summed E-state index contributed by atoms with van der Waals surface area (Å²) in [5.74, 6) is 0. The Hall–Kier alpha value is -2.92. The quantitative estimate of drug-likeness (QED) is 0.290. The summed E-state index contributed by atoms with van der Waals surface area (Å²) in [6.45, 7) is 13.5. The molecule has 0 unspecified atom stereocenters. The Bertz CT molecular complexity index is 918. The molecule has 1 saturated heterocycles. The Morgan fingerprint density at radius 1 is 1.35 bits per heavy atom. The molecule has 2 heterocycles. The molecule has 10 nitrogen and oxygen atoms in total. The minimum atomic E-state index is -1.03. The van der Waals surface area contributed by atoms with Gasteiger partial charge in [-0.05, 0) is 52.8 Å². The lowest BCUT2D eigenvalue weighted by molar-refractivity contribution is -0.418. The fourth-order valence-electron chi connectivity index (χ4n) is 2.83. The van der Waals surface area contributed by atoms with Gasteiger partial charge in [0.2, 0.25) is 0 Å². The van der Waals surface area contributed by atoms with Crippen molar-refractivity contribution in [3.05, 3.63) is 52.5 Å². The zero-order valence-electron chi connectivity index (χ0n) is 18.8. The summed E-state index contributed by atoms with van der Waals surface area (Å²) in [4.78, 5) is 22.6. The van der Waals surface area contributed by atoms with Crippen molar-refractivity contribution in [1.29, 1.82) is 0 Å². The number of hydrogen-bond acceptors (Lipinski definition) is 6. The van der Waals surface area contributed by atoms with E-state index in [1.165, 1.54) is 13.1 Å². The number of carboxylic acid groups (broad SMARTS) is 1. The lowest BCUT2D eigenvalue weighted by Crippen LogP contribution is -2.41. The number of nitro groups is 1. The van der Waals surface area contributed by atoms with Crippen LogP contribution in [0.4, 0.5) is 4.79 Å². The smallest absolute Gasteiger partial charge is 0.465 e. The van der Waals surface area contributed by atoms with E-state index in [4.69, 9.17) is 14.4 Å². The maximum Gasteiger partial charge on any atom is 0.498 e. The molecule has 1 fully saturated rings. The van der Waals surface area contributed by atoms with Gasteiger partial charge >= 0.3 is 13.2 Å². The van der Waals surface area contributed by atoms with E-state index < -0.39 is 29.3 Å². The van der Waals surface area contributed by atoms with Crippen LogP contribution in [-0.2, 0) is 15.9 Å². The molecule has 168 valence electrons. The molecule has 2 rings (SSSR count). The predicted molar refractivity (Wildman–Crippen MR) is 118 cm³/mol. The number of likely N-dealkylation sites (N-methyl/N-ethyl adjacent to an activating group) is 1. The molecule has 0 bridgehead atoms. The largest absolute Gasteiger partial charge is 0.498 e. The fraction of sp³-hybridized carbons (Fsp3) is 0.500. The Labute approximate surface area is 182 Å². The van der Waals surface area contributed by atoms with Crippen LogP contribution in [0.5, 0.6) is 0 Å². The molecule has 0 aromatic carbocycles. The number of allylic oxidation sites excluding steroid dienone is 4. The number of aromatic nitrogens is 2. The van der Waals surface area contributed by atoms with E-state index in [1.807, 2.05) is 27.7 Å². The monoisotopic (exact) mass is 432 g/mol. The second-order valence-electron chi connectivity index (χ2n) is 8.31. The number of amides is 1. The lowest BCUT2D eigenvalue weighted by atomic mass is 9.78. The third-order valence-corrected chi connectivity index (χ3v) is 5.56. The van der Waals surface area contributed by atoms with E-state index in [-0.39, 0.29) is 12.2 Å². The summed E-state index contributed by atoms with van der Waals surface area (Å²) < 4.78 is 14.0. The first-order valence-electron chi connectivity index (χ1n) is 9.84. The van der Waals surface area contributed by atoms with Gasteiger partial charge in [0.05, 0.1) is 28.4 Å². The van der Waals surface area contributed by atoms with Gasteiger partial charge in [0.25, 0.3) is 5.70 Å². The van der Waals surface area contributed by atoms with Gasteiger partial charge < -0.3 is 19.3 Å². The normalized spacial score (nSPS) is 17.9. The van der Waals surface area contributed by atoms with Gasteiger partial charge in [-0.2, -0.15) is 5.10 Å². The van der Waals surface area contributed by atoms with E-state index in [9.17, 15) is 14.9 Å². The average molecular weight is 432 g/mol. The molecule has 1 aliphatic heterocycles. The molecule has 0 saturated carbocycles. The van der Waals surface area contributed by atoms with Crippen LogP contribution < -0.4 is 5.46 Å². The standard InChI is InChI=1S/C20H29BN4O6/c1-8-15(10-9-14(2)25(28)29)17-16(21-30-19(3,4)20(5,6)31-21)13-24(22-17)12-11-23(7)18(26)27/h8-10,13H,2,11-12H2,1,3-7H3,(H,26,27)/b10-9-,15-8+. The molecule has 0 aliphatic carbocycles. The van der Waals surface area contributed by atoms with Crippen molar-refractivity contribution >= 4 is 24.2 Å². The van der Waals surface area contributed by atoms with Crippen LogP contribution in [0, 0.1) is 10.1 Å². The predicted octanol–water partition coefficient (Wildman–Crippen LogP) is 2.54. The highest BCUT2D eigenvalue weighted by Crippen LogP contribution is 2.37. The van der Waals surface area contributed by atoms with Crippen molar-refractivity contribution in [2.24, 2.45) is 0 Å². The van der Waals surface area contributed by atoms with Gasteiger partial charge in [0.1, 0.15) is 0 Å². The van der Waals surface area contributed by atoms with E-state index >= 15 is 0 Å². The number of rotatable bonds is 8. The van der Waals surface area contributed by atoms with Crippen molar-refractivity contribution in [1.82, 2.24) is 14.7 Å². The van der Waals surface area contributed by atoms with Crippen LogP contribution in [0.1, 0.15) is 40.3 Å². The van der Waals surface area contributed by atoms with Crippen LogP contribution in [0.2, 0.25) is 0 Å². The molecular formula is C20H29BN4O6. The molecule has 1 amide bonds. The summed E-state index contributed by atoms with van der Waals surface area (Å²) in [5, 5.41) is 24.6. The Morgan fingerprint density at radius 2 is 1.94 bits per heavy atom. The highest BCUT2D eigenvalue weighted by Gasteiger charge is 2.52. The van der Waals surface area contributed by atoms with Crippen LogP contribution in [0.25, 0.3) is 5.57 Å². The minimum Gasteiger partial charge on any atom is -0.465 e. The molecule has 11 heteroatoms. The molecular weight excluding hydrogens is 403 g/mol. The van der Waals surface area contributed by atoms with Crippen molar-refractivity contribution < 1.29 is 24.1 Å². The number of nitrogens with zero attached hydrogens (tertiary/aromatic N) is 4.